The number of benzene rings is 1. The van der Waals surface area contributed by atoms with E-state index in [9.17, 15) is 23.2 Å². The second-order valence-electron chi connectivity index (χ2n) is 4.01. The first-order valence-electron chi connectivity index (χ1n) is 5.54. The van der Waals surface area contributed by atoms with E-state index in [1.165, 1.54) is 0 Å². The normalized spacial score (nSPS) is 11.7. The van der Waals surface area contributed by atoms with Crippen molar-refractivity contribution in [3.05, 3.63) is 35.4 Å². The van der Waals surface area contributed by atoms with Gasteiger partial charge in [-0.3, -0.25) is 9.59 Å². The lowest BCUT2D eigenvalue weighted by Gasteiger charge is -2.13. The molecule has 1 rings (SSSR count). The van der Waals surface area contributed by atoms with E-state index in [2.05, 4.69) is 0 Å². The number of carboxylic acids is 1. The summed E-state index contributed by atoms with van der Waals surface area (Å²) in [5.74, 6) is -5.15. The van der Waals surface area contributed by atoms with Crippen LogP contribution in [0.3, 0.4) is 0 Å². The summed E-state index contributed by atoms with van der Waals surface area (Å²) in [6.45, 7) is 0. The van der Waals surface area contributed by atoms with Crippen LogP contribution < -0.4 is 11.1 Å². The average molecular weight is 286 g/mol. The van der Waals surface area contributed by atoms with Crippen LogP contribution in [-0.4, -0.2) is 28.9 Å². The summed E-state index contributed by atoms with van der Waals surface area (Å²) in [5.41, 5.74) is 4.36. The summed E-state index contributed by atoms with van der Waals surface area (Å²) in [7, 11) is 0. The molecule has 0 aliphatic rings. The Kier molecular flexibility index (Phi) is 5.13. The molecule has 1 aromatic carbocycles. The molecule has 1 unspecified atom stereocenters. The number of primary amides is 1. The van der Waals surface area contributed by atoms with E-state index in [4.69, 9.17) is 10.8 Å². The lowest BCUT2D eigenvalue weighted by molar-refractivity contribution is -0.143. The molecule has 0 saturated heterocycles. The first-order valence-corrected chi connectivity index (χ1v) is 5.54. The zero-order chi connectivity index (χ0) is 15.3. The molecule has 0 saturated carbocycles. The minimum absolute atomic E-state index is 0.479. The molecule has 0 bridgehead atoms. The predicted molar refractivity (Wildman–Crippen MR) is 63.4 cm³/mol. The Hall–Kier alpha value is -2.51. The Labute approximate surface area is 112 Å². The molecule has 0 aliphatic heterocycles. The van der Waals surface area contributed by atoms with Crippen LogP contribution in [0.15, 0.2) is 18.2 Å². The quantitative estimate of drug-likeness (QED) is 0.681. The summed E-state index contributed by atoms with van der Waals surface area (Å²) in [6, 6.07) is 1.56. The zero-order valence-corrected chi connectivity index (χ0v) is 10.2. The third-order valence-electron chi connectivity index (χ3n) is 2.44. The van der Waals surface area contributed by atoms with Crippen LogP contribution in [-0.2, 0) is 20.8 Å². The molecular formula is C12H12F2N2O4. The fraction of sp³-hybridized carbons (Fsp3) is 0.250. The Balaban J connectivity index is 2.76. The zero-order valence-electron chi connectivity index (χ0n) is 10.2. The van der Waals surface area contributed by atoms with Crippen molar-refractivity contribution in [1.82, 2.24) is 5.32 Å². The van der Waals surface area contributed by atoms with Gasteiger partial charge in [0.1, 0.15) is 17.7 Å². The van der Waals surface area contributed by atoms with Gasteiger partial charge in [-0.15, -0.1) is 0 Å². The van der Waals surface area contributed by atoms with Crippen molar-refractivity contribution in [2.75, 3.05) is 0 Å². The van der Waals surface area contributed by atoms with Crippen molar-refractivity contribution >= 4 is 17.8 Å². The number of hydrogen-bond acceptors (Lipinski definition) is 3. The van der Waals surface area contributed by atoms with Crippen LogP contribution in [0.2, 0.25) is 0 Å². The molecule has 1 aromatic rings. The van der Waals surface area contributed by atoms with Crippen LogP contribution >= 0.6 is 0 Å². The highest BCUT2D eigenvalue weighted by molar-refractivity contribution is 5.88. The second kappa shape index (κ2) is 6.60. The van der Waals surface area contributed by atoms with Crippen molar-refractivity contribution in [3.8, 4) is 0 Å². The number of hydrogen-bond donors (Lipinski definition) is 3. The fourth-order valence-corrected chi connectivity index (χ4v) is 1.51. The van der Waals surface area contributed by atoms with Gasteiger partial charge in [-0.25, -0.2) is 13.6 Å². The van der Waals surface area contributed by atoms with Crippen molar-refractivity contribution in [2.24, 2.45) is 5.73 Å². The van der Waals surface area contributed by atoms with Gasteiger partial charge in [0.25, 0.3) is 0 Å². The van der Waals surface area contributed by atoms with E-state index < -0.39 is 53.9 Å². The van der Waals surface area contributed by atoms with Crippen molar-refractivity contribution < 1.29 is 28.3 Å². The van der Waals surface area contributed by atoms with Gasteiger partial charge in [0.05, 0.1) is 12.8 Å². The smallest absolute Gasteiger partial charge is 0.326 e. The molecular weight excluding hydrogens is 274 g/mol. The van der Waals surface area contributed by atoms with Gasteiger partial charge in [-0.2, -0.15) is 0 Å². The topological polar surface area (TPSA) is 109 Å². The lowest BCUT2D eigenvalue weighted by Crippen LogP contribution is -2.44. The molecule has 8 heteroatoms. The van der Waals surface area contributed by atoms with Crippen LogP contribution in [0.5, 0.6) is 0 Å². The highest BCUT2D eigenvalue weighted by Gasteiger charge is 2.23. The van der Waals surface area contributed by atoms with E-state index in [1.807, 2.05) is 5.32 Å². The summed E-state index contributed by atoms with van der Waals surface area (Å²) in [4.78, 5) is 33.0. The maximum atomic E-state index is 13.3. The summed E-state index contributed by atoms with van der Waals surface area (Å²) < 4.78 is 26.6. The Morgan fingerprint density at radius 2 is 1.80 bits per heavy atom. The molecule has 1 atom stereocenters. The van der Waals surface area contributed by atoms with Gasteiger partial charge in [0.2, 0.25) is 11.8 Å². The Morgan fingerprint density at radius 3 is 2.25 bits per heavy atom. The number of rotatable bonds is 6. The SMILES string of the molecule is NC(=O)CC(NC(=O)Cc1c(F)cccc1F)C(=O)O. The van der Waals surface area contributed by atoms with Crippen LogP contribution in [0.4, 0.5) is 8.78 Å². The summed E-state index contributed by atoms with van der Waals surface area (Å²) >= 11 is 0. The average Bonchev–Trinajstić information content (AvgIpc) is 2.32. The van der Waals surface area contributed by atoms with E-state index in [0.29, 0.717) is 0 Å². The number of aliphatic carboxylic acids is 1. The highest BCUT2D eigenvalue weighted by Crippen LogP contribution is 2.12. The lowest BCUT2D eigenvalue weighted by atomic mass is 10.1. The van der Waals surface area contributed by atoms with Gasteiger partial charge in [0.15, 0.2) is 0 Å². The molecule has 108 valence electrons. The maximum absolute atomic E-state index is 13.3. The minimum Gasteiger partial charge on any atom is -0.480 e. The van der Waals surface area contributed by atoms with Crippen molar-refractivity contribution in [2.45, 2.75) is 18.9 Å². The molecule has 0 spiro atoms. The minimum atomic E-state index is -1.53. The number of nitrogens with one attached hydrogen (secondary N) is 1. The van der Waals surface area contributed by atoms with E-state index in [-0.39, 0.29) is 0 Å². The number of amides is 2. The van der Waals surface area contributed by atoms with Crippen LogP contribution in [0.25, 0.3) is 0 Å². The van der Waals surface area contributed by atoms with E-state index in [1.54, 1.807) is 0 Å². The summed E-state index contributed by atoms with van der Waals surface area (Å²) in [5, 5.41) is 10.8. The molecule has 2 amide bonds. The maximum Gasteiger partial charge on any atom is 0.326 e. The largest absolute Gasteiger partial charge is 0.480 e. The second-order valence-corrected chi connectivity index (χ2v) is 4.01. The molecule has 6 nitrogen and oxygen atoms in total. The molecule has 0 radical (unpaired) electrons. The Morgan fingerprint density at radius 1 is 1.25 bits per heavy atom. The number of carbonyl (C=O) groups excluding carboxylic acids is 2. The predicted octanol–water partition coefficient (Wildman–Crippen LogP) is -0.0479. The van der Waals surface area contributed by atoms with Gasteiger partial charge in [-0.1, -0.05) is 6.07 Å². The monoisotopic (exact) mass is 286 g/mol. The standard InChI is InChI=1S/C12H12F2N2O4/c13-7-2-1-3-8(14)6(7)4-11(18)16-9(12(19)20)5-10(15)17/h1-3,9H,4-5H2,(H2,15,17)(H,16,18)(H,19,20). The van der Waals surface area contributed by atoms with E-state index >= 15 is 0 Å². The van der Waals surface area contributed by atoms with Gasteiger partial charge in [-0.05, 0) is 12.1 Å². The number of halogens is 2. The highest BCUT2D eigenvalue weighted by atomic mass is 19.1. The van der Waals surface area contributed by atoms with Gasteiger partial charge in [0, 0.05) is 5.56 Å². The van der Waals surface area contributed by atoms with Crippen LogP contribution in [0.1, 0.15) is 12.0 Å². The molecule has 20 heavy (non-hydrogen) atoms. The van der Waals surface area contributed by atoms with Crippen molar-refractivity contribution in [1.29, 1.82) is 0 Å². The molecule has 0 fully saturated rings. The first kappa shape index (κ1) is 15.5. The molecule has 0 aliphatic carbocycles. The number of nitrogens with two attached hydrogens (primary N) is 1. The molecule has 0 aromatic heterocycles. The van der Waals surface area contributed by atoms with Gasteiger partial charge >= 0.3 is 5.97 Å². The van der Waals surface area contributed by atoms with E-state index in [0.717, 1.165) is 18.2 Å². The fourth-order valence-electron chi connectivity index (χ4n) is 1.51. The third-order valence-corrected chi connectivity index (χ3v) is 2.44. The molecule has 4 N–H and O–H groups in total. The molecule has 0 heterocycles. The van der Waals surface area contributed by atoms with Gasteiger partial charge < -0.3 is 16.2 Å². The Bertz CT molecular complexity index is 528. The first-order chi connectivity index (χ1) is 9.31. The third kappa shape index (κ3) is 4.30. The van der Waals surface area contributed by atoms with Crippen molar-refractivity contribution in [3.63, 3.8) is 0 Å². The number of carbonyl (C=O) groups is 3. The summed E-state index contributed by atoms with van der Waals surface area (Å²) in [6.07, 6.45) is -1.29. The van der Waals surface area contributed by atoms with Crippen LogP contribution in [0, 0.1) is 11.6 Å². The number of carboxylic acid groups (broad SMARTS) is 1.